The van der Waals surface area contributed by atoms with E-state index in [1.807, 2.05) is 25.1 Å². The standard InChI is InChI=1S/C19H19N5O2/c1-12-9-16-17(22-23-19(16)25)21-18(12)24-7-5-14(6-8-24)26-15-4-2-3-13(10-15)11-20/h2-4,9-10,14H,5-8H2,1H3,(H2,21,22,23,25). The zero-order valence-corrected chi connectivity index (χ0v) is 14.5. The predicted octanol–water partition coefficient (Wildman–Crippen LogP) is 2.48. The molecule has 0 amide bonds. The van der Waals surface area contributed by atoms with Crippen molar-refractivity contribution in [1.29, 1.82) is 5.26 Å². The summed E-state index contributed by atoms with van der Waals surface area (Å²) in [5.74, 6) is 1.64. The number of aromatic amines is 2. The Morgan fingerprint density at radius 3 is 2.85 bits per heavy atom. The lowest BCUT2D eigenvalue weighted by Gasteiger charge is -2.33. The summed E-state index contributed by atoms with van der Waals surface area (Å²) in [6.07, 6.45) is 1.87. The number of hydrogen-bond donors (Lipinski definition) is 2. The van der Waals surface area contributed by atoms with E-state index in [0.29, 0.717) is 16.6 Å². The maximum absolute atomic E-state index is 11.7. The normalized spacial score (nSPS) is 15.2. The molecule has 2 aromatic heterocycles. The number of hydrogen-bond acceptors (Lipinski definition) is 5. The average molecular weight is 349 g/mol. The fraction of sp³-hybridized carbons (Fsp3) is 0.316. The van der Waals surface area contributed by atoms with Crippen molar-refractivity contribution in [1.82, 2.24) is 15.2 Å². The molecule has 0 radical (unpaired) electrons. The van der Waals surface area contributed by atoms with Gasteiger partial charge >= 0.3 is 0 Å². The first-order valence-corrected chi connectivity index (χ1v) is 8.64. The van der Waals surface area contributed by atoms with E-state index >= 15 is 0 Å². The number of benzene rings is 1. The number of anilines is 1. The molecule has 3 heterocycles. The molecule has 0 saturated carbocycles. The van der Waals surface area contributed by atoms with Crippen molar-refractivity contribution in [3.8, 4) is 11.8 Å². The van der Waals surface area contributed by atoms with Crippen molar-refractivity contribution in [2.24, 2.45) is 0 Å². The number of piperidine rings is 1. The van der Waals surface area contributed by atoms with E-state index in [4.69, 9.17) is 10.00 Å². The fourth-order valence-electron chi connectivity index (χ4n) is 3.39. The number of nitrogens with one attached hydrogen (secondary N) is 2. The van der Waals surface area contributed by atoms with Gasteiger partial charge in [0.25, 0.3) is 5.56 Å². The van der Waals surface area contributed by atoms with E-state index in [9.17, 15) is 4.79 Å². The first-order valence-electron chi connectivity index (χ1n) is 8.64. The Balaban J connectivity index is 1.46. The minimum absolute atomic E-state index is 0.122. The van der Waals surface area contributed by atoms with Gasteiger partial charge in [0.2, 0.25) is 0 Å². The van der Waals surface area contributed by atoms with Crippen molar-refractivity contribution < 1.29 is 4.74 Å². The number of aryl methyl sites for hydroxylation is 1. The summed E-state index contributed by atoms with van der Waals surface area (Å²) in [7, 11) is 0. The molecular formula is C19H19N5O2. The Labute approximate surface area is 150 Å². The highest BCUT2D eigenvalue weighted by Gasteiger charge is 2.23. The van der Waals surface area contributed by atoms with E-state index in [0.717, 1.165) is 43.1 Å². The highest BCUT2D eigenvalue weighted by Crippen LogP contribution is 2.26. The van der Waals surface area contributed by atoms with Crippen molar-refractivity contribution in [3.63, 3.8) is 0 Å². The molecule has 1 aromatic carbocycles. The van der Waals surface area contributed by atoms with Crippen LogP contribution in [0.15, 0.2) is 35.1 Å². The van der Waals surface area contributed by atoms with E-state index in [1.54, 1.807) is 12.1 Å². The molecule has 3 aromatic rings. The molecule has 7 heteroatoms. The number of aromatic nitrogens is 3. The SMILES string of the molecule is Cc1cc2c(=O)[nH][nH]c2nc1N1CCC(Oc2cccc(C#N)c2)CC1. The molecular weight excluding hydrogens is 330 g/mol. The van der Waals surface area contributed by atoms with Crippen LogP contribution in [0.3, 0.4) is 0 Å². The summed E-state index contributed by atoms with van der Waals surface area (Å²) >= 11 is 0. The van der Waals surface area contributed by atoms with E-state index in [2.05, 4.69) is 26.2 Å². The van der Waals surface area contributed by atoms with Gasteiger partial charge in [0.15, 0.2) is 5.65 Å². The van der Waals surface area contributed by atoms with Gasteiger partial charge < -0.3 is 9.64 Å². The lowest BCUT2D eigenvalue weighted by atomic mass is 10.1. The van der Waals surface area contributed by atoms with E-state index in [1.165, 1.54) is 0 Å². The van der Waals surface area contributed by atoms with Gasteiger partial charge in [-0.1, -0.05) is 6.07 Å². The van der Waals surface area contributed by atoms with Gasteiger partial charge in [-0.05, 0) is 36.8 Å². The largest absolute Gasteiger partial charge is 0.490 e. The van der Waals surface area contributed by atoms with Gasteiger partial charge in [-0.15, -0.1) is 0 Å². The maximum atomic E-state index is 11.7. The second-order valence-corrected chi connectivity index (χ2v) is 6.55. The molecule has 0 spiro atoms. The van der Waals surface area contributed by atoms with Crippen LogP contribution in [0.25, 0.3) is 11.0 Å². The average Bonchev–Trinajstić information content (AvgIpc) is 3.02. The van der Waals surface area contributed by atoms with Crippen molar-refractivity contribution >= 4 is 16.9 Å². The Morgan fingerprint density at radius 1 is 1.27 bits per heavy atom. The predicted molar refractivity (Wildman–Crippen MR) is 98.5 cm³/mol. The summed E-state index contributed by atoms with van der Waals surface area (Å²) in [5.41, 5.74) is 2.04. The number of fused-ring (bicyclic) bond motifs is 1. The first kappa shape index (κ1) is 16.2. The van der Waals surface area contributed by atoms with Crippen LogP contribution in [0.4, 0.5) is 5.82 Å². The Kier molecular flexibility index (Phi) is 4.09. The second kappa shape index (κ2) is 6.56. The topological polar surface area (TPSA) is 97.8 Å². The summed E-state index contributed by atoms with van der Waals surface area (Å²) in [5, 5.41) is 15.0. The van der Waals surface area contributed by atoms with Crippen LogP contribution < -0.4 is 15.2 Å². The highest BCUT2D eigenvalue weighted by atomic mass is 16.5. The third-order valence-corrected chi connectivity index (χ3v) is 4.73. The summed E-state index contributed by atoms with van der Waals surface area (Å²) in [6, 6.07) is 11.3. The third-order valence-electron chi connectivity index (χ3n) is 4.73. The van der Waals surface area contributed by atoms with Gasteiger partial charge in [-0.3, -0.25) is 15.0 Å². The molecule has 132 valence electrons. The first-order chi connectivity index (χ1) is 12.6. The quantitative estimate of drug-likeness (QED) is 0.757. The number of pyridine rings is 1. The van der Waals surface area contributed by atoms with E-state index < -0.39 is 0 Å². The third kappa shape index (κ3) is 3.02. The van der Waals surface area contributed by atoms with Gasteiger partial charge in [0.1, 0.15) is 17.7 Å². The van der Waals surface area contributed by atoms with Gasteiger partial charge in [-0.25, -0.2) is 4.98 Å². The molecule has 4 rings (SSSR count). The van der Waals surface area contributed by atoms with Crippen molar-refractivity contribution in [2.75, 3.05) is 18.0 Å². The molecule has 1 saturated heterocycles. The van der Waals surface area contributed by atoms with Crippen molar-refractivity contribution in [3.05, 3.63) is 51.8 Å². The maximum Gasteiger partial charge on any atom is 0.273 e. The van der Waals surface area contributed by atoms with Gasteiger partial charge in [-0.2, -0.15) is 5.26 Å². The zero-order valence-electron chi connectivity index (χ0n) is 14.5. The monoisotopic (exact) mass is 349 g/mol. The lowest BCUT2D eigenvalue weighted by molar-refractivity contribution is 0.170. The van der Waals surface area contributed by atoms with Crippen LogP contribution in [0.5, 0.6) is 5.75 Å². The van der Waals surface area contributed by atoms with Crippen LogP contribution in [-0.4, -0.2) is 34.4 Å². The molecule has 0 aliphatic carbocycles. The van der Waals surface area contributed by atoms with Crippen LogP contribution in [-0.2, 0) is 0 Å². The Morgan fingerprint density at radius 2 is 2.08 bits per heavy atom. The molecule has 26 heavy (non-hydrogen) atoms. The van der Waals surface area contributed by atoms with Crippen LogP contribution in [0.2, 0.25) is 0 Å². The molecule has 0 atom stereocenters. The van der Waals surface area contributed by atoms with Crippen LogP contribution >= 0.6 is 0 Å². The Bertz CT molecular complexity index is 1040. The van der Waals surface area contributed by atoms with Crippen LogP contribution in [0, 0.1) is 18.3 Å². The second-order valence-electron chi connectivity index (χ2n) is 6.55. The molecule has 0 bridgehead atoms. The fourth-order valence-corrected chi connectivity index (χ4v) is 3.39. The molecule has 1 fully saturated rings. The molecule has 0 unspecified atom stereocenters. The Hall–Kier alpha value is -3.27. The van der Waals surface area contributed by atoms with Gasteiger partial charge in [0.05, 0.1) is 17.0 Å². The number of H-pyrrole nitrogens is 2. The number of ether oxygens (including phenoxy) is 1. The number of nitrogens with zero attached hydrogens (tertiary/aromatic N) is 3. The summed E-state index contributed by atoms with van der Waals surface area (Å²) < 4.78 is 6.04. The summed E-state index contributed by atoms with van der Waals surface area (Å²) in [6.45, 7) is 3.64. The molecule has 1 aliphatic heterocycles. The summed E-state index contributed by atoms with van der Waals surface area (Å²) in [4.78, 5) is 18.5. The number of rotatable bonds is 3. The minimum Gasteiger partial charge on any atom is -0.490 e. The molecule has 2 N–H and O–H groups in total. The molecule has 1 aliphatic rings. The van der Waals surface area contributed by atoms with Crippen molar-refractivity contribution in [2.45, 2.75) is 25.9 Å². The highest BCUT2D eigenvalue weighted by molar-refractivity contribution is 5.77. The van der Waals surface area contributed by atoms with Gasteiger partial charge in [0, 0.05) is 25.9 Å². The molecule has 7 nitrogen and oxygen atoms in total. The van der Waals surface area contributed by atoms with Crippen LogP contribution in [0.1, 0.15) is 24.0 Å². The number of nitriles is 1. The lowest BCUT2D eigenvalue weighted by Crippen LogP contribution is -2.39. The van der Waals surface area contributed by atoms with E-state index in [-0.39, 0.29) is 11.7 Å². The zero-order chi connectivity index (χ0) is 18.1. The smallest absolute Gasteiger partial charge is 0.273 e. The minimum atomic E-state index is -0.145.